The summed E-state index contributed by atoms with van der Waals surface area (Å²) in [4.78, 5) is 7.58. The molecule has 0 amide bonds. The first-order valence-corrected chi connectivity index (χ1v) is 8.46. The first kappa shape index (κ1) is 14.4. The second-order valence-corrected chi connectivity index (χ2v) is 6.83. The highest BCUT2D eigenvalue weighted by Crippen LogP contribution is 2.33. The number of halogens is 1. The summed E-state index contributed by atoms with van der Waals surface area (Å²) in [5.74, 6) is 0. The van der Waals surface area contributed by atoms with Crippen molar-refractivity contribution in [2.45, 2.75) is 12.8 Å². The molecule has 0 bridgehead atoms. The molecule has 2 aliphatic heterocycles. The van der Waals surface area contributed by atoms with Gasteiger partial charge in [-0.15, -0.1) is 0 Å². The molecule has 0 radical (unpaired) electrons. The smallest absolute Gasteiger partial charge is 0.0410 e. The SMILES string of the molecule is CN1CCN(CCCN2CCc3c(Br)cccc32)CC1. The lowest BCUT2D eigenvalue weighted by Gasteiger charge is -2.32. The highest BCUT2D eigenvalue weighted by Gasteiger charge is 2.20. The predicted octanol–water partition coefficient (Wildman–Crippen LogP) is 2.45. The molecule has 3 nitrogen and oxygen atoms in total. The van der Waals surface area contributed by atoms with Crippen molar-refractivity contribution in [2.24, 2.45) is 0 Å². The van der Waals surface area contributed by atoms with E-state index in [4.69, 9.17) is 0 Å². The third-order valence-corrected chi connectivity index (χ3v) is 5.31. The largest absolute Gasteiger partial charge is 0.371 e. The Morgan fingerprint density at radius 1 is 1.05 bits per heavy atom. The number of hydrogen-bond acceptors (Lipinski definition) is 3. The Kier molecular flexibility index (Phi) is 4.64. The molecule has 2 heterocycles. The Balaban J connectivity index is 1.48. The Labute approximate surface area is 130 Å². The topological polar surface area (TPSA) is 9.72 Å². The van der Waals surface area contributed by atoms with Crippen molar-refractivity contribution in [3.8, 4) is 0 Å². The summed E-state index contributed by atoms with van der Waals surface area (Å²) in [6.45, 7) is 8.53. The van der Waals surface area contributed by atoms with Crippen LogP contribution in [0.25, 0.3) is 0 Å². The summed E-state index contributed by atoms with van der Waals surface area (Å²) in [6.07, 6.45) is 2.46. The second-order valence-electron chi connectivity index (χ2n) is 5.97. The summed E-state index contributed by atoms with van der Waals surface area (Å²) in [6, 6.07) is 6.58. The molecule has 2 aliphatic rings. The number of benzene rings is 1. The lowest BCUT2D eigenvalue weighted by molar-refractivity contribution is 0.153. The molecule has 20 heavy (non-hydrogen) atoms. The van der Waals surface area contributed by atoms with Crippen LogP contribution < -0.4 is 4.90 Å². The maximum absolute atomic E-state index is 3.67. The van der Waals surface area contributed by atoms with Gasteiger partial charge in [0.15, 0.2) is 0 Å². The molecule has 0 aromatic heterocycles. The Morgan fingerprint density at radius 3 is 2.65 bits per heavy atom. The van der Waals surface area contributed by atoms with E-state index in [-0.39, 0.29) is 0 Å². The fourth-order valence-corrected chi connectivity index (χ4v) is 3.80. The zero-order valence-corrected chi connectivity index (χ0v) is 13.9. The quantitative estimate of drug-likeness (QED) is 0.835. The van der Waals surface area contributed by atoms with Crippen LogP contribution >= 0.6 is 15.9 Å². The normalized spacial score (nSPS) is 20.4. The number of piperazine rings is 1. The minimum atomic E-state index is 1.18. The number of nitrogens with zero attached hydrogens (tertiary/aromatic N) is 3. The molecule has 0 aliphatic carbocycles. The van der Waals surface area contributed by atoms with Crippen molar-refractivity contribution >= 4 is 21.6 Å². The second kappa shape index (κ2) is 6.46. The van der Waals surface area contributed by atoms with E-state index in [1.165, 1.54) is 74.4 Å². The minimum absolute atomic E-state index is 1.18. The van der Waals surface area contributed by atoms with E-state index in [1.807, 2.05) is 0 Å². The van der Waals surface area contributed by atoms with Gasteiger partial charge in [0.2, 0.25) is 0 Å². The van der Waals surface area contributed by atoms with Crippen LogP contribution in [0.2, 0.25) is 0 Å². The molecule has 4 heteroatoms. The van der Waals surface area contributed by atoms with Crippen LogP contribution in [-0.2, 0) is 6.42 Å². The first-order chi connectivity index (χ1) is 9.74. The van der Waals surface area contributed by atoms with Crippen molar-refractivity contribution < 1.29 is 0 Å². The predicted molar refractivity (Wildman–Crippen MR) is 88.6 cm³/mol. The lowest BCUT2D eigenvalue weighted by atomic mass is 10.2. The van der Waals surface area contributed by atoms with Gasteiger partial charge in [-0.2, -0.15) is 0 Å². The van der Waals surface area contributed by atoms with Crippen molar-refractivity contribution in [3.63, 3.8) is 0 Å². The van der Waals surface area contributed by atoms with E-state index in [9.17, 15) is 0 Å². The van der Waals surface area contributed by atoms with Crippen LogP contribution in [-0.4, -0.2) is 62.7 Å². The van der Waals surface area contributed by atoms with Gasteiger partial charge in [0.1, 0.15) is 0 Å². The first-order valence-electron chi connectivity index (χ1n) is 7.67. The fourth-order valence-electron chi connectivity index (χ4n) is 3.25. The summed E-state index contributed by atoms with van der Waals surface area (Å²) in [5, 5.41) is 0. The molecule has 0 atom stereocenters. The van der Waals surface area contributed by atoms with Crippen molar-refractivity contribution in [3.05, 3.63) is 28.2 Å². The van der Waals surface area contributed by atoms with Gasteiger partial charge < -0.3 is 14.7 Å². The average molecular weight is 338 g/mol. The van der Waals surface area contributed by atoms with E-state index in [2.05, 4.69) is 55.9 Å². The van der Waals surface area contributed by atoms with E-state index in [1.54, 1.807) is 0 Å². The molecular weight excluding hydrogens is 314 g/mol. The molecule has 0 saturated carbocycles. The van der Waals surface area contributed by atoms with Crippen LogP contribution in [0.5, 0.6) is 0 Å². The van der Waals surface area contributed by atoms with Crippen molar-refractivity contribution in [2.75, 3.05) is 57.8 Å². The highest BCUT2D eigenvalue weighted by molar-refractivity contribution is 9.10. The third kappa shape index (κ3) is 3.18. The highest BCUT2D eigenvalue weighted by atomic mass is 79.9. The van der Waals surface area contributed by atoms with Gasteiger partial charge in [0.05, 0.1) is 0 Å². The van der Waals surface area contributed by atoms with Gasteiger partial charge in [0, 0.05) is 49.4 Å². The maximum atomic E-state index is 3.67. The summed E-state index contributed by atoms with van der Waals surface area (Å²) in [7, 11) is 2.22. The van der Waals surface area contributed by atoms with Gasteiger partial charge in [-0.05, 0) is 44.1 Å². The molecule has 1 saturated heterocycles. The molecule has 1 aromatic rings. The Morgan fingerprint density at radius 2 is 1.85 bits per heavy atom. The zero-order valence-electron chi connectivity index (χ0n) is 12.3. The summed E-state index contributed by atoms with van der Waals surface area (Å²) >= 11 is 3.67. The van der Waals surface area contributed by atoms with E-state index >= 15 is 0 Å². The molecule has 0 N–H and O–H groups in total. The van der Waals surface area contributed by atoms with E-state index in [0.717, 1.165) is 0 Å². The number of hydrogen-bond donors (Lipinski definition) is 0. The van der Waals surface area contributed by atoms with Gasteiger partial charge in [-0.3, -0.25) is 0 Å². The summed E-state index contributed by atoms with van der Waals surface area (Å²) < 4.78 is 1.27. The van der Waals surface area contributed by atoms with Gasteiger partial charge >= 0.3 is 0 Å². The Hall–Kier alpha value is -0.580. The van der Waals surface area contributed by atoms with Crippen LogP contribution in [0.3, 0.4) is 0 Å². The van der Waals surface area contributed by atoms with Gasteiger partial charge in [-0.25, -0.2) is 0 Å². The minimum Gasteiger partial charge on any atom is -0.371 e. The van der Waals surface area contributed by atoms with Gasteiger partial charge in [0.25, 0.3) is 0 Å². The van der Waals surface area contributed by atoms with Crippen molar-refractivity contribution in [1.29, 1.82) is 0 Å². The fraction of sp³-hybridized carbons (Fsp3) is 0.625. The number of anilines is 1. The monoisotopic (exact) mass is 337 g/mol. The lowest BCUT2D eigenvalue weighted by Crippen LogP contribution is -2.45. The van der Waals surface area contributed by atoms with Crippen LogP contribution in [0, 0.1) is 0 Å². The van der Waals surface area contributed by atoms with E-state index in [0.29, 0.717) is 0 Å². The Bertz CT molecular complexity index is 455. The van der Waals surface area contributed by atoms with E-state index < -0.39 is 0 Å². The maximum Gasteiger partial charge on any atom is 0.0410 e. The van der Waals surface area contributed by atoms with Crippen LogP contribution in [0.1, 0.15) is 12.0 Å². The van der Waals surface area contributed by atoms with Gasteiger partial charge in [-0.1, -0.05) is 22.0 Å². The molecular formula is C16H24BrN3. The molecule has 0 spiro atoms. The molecule has 110 valence electrons. The molecule has 3 rings (SSSR count). The number of likely N-dealkylation sites (N-methyl/N-ethyl adjacent to an activating group) is 1. The van der Waals surface area contributed by atoms with Crippen molar-refractivity contribution in [1.82, 2.24) is 9.80 Å². The number of fused-ring (bicyclic) bond motifs is 1. The summed E-state index contributed by atoms with van der Waals surface area (Å²) in [5.41, 5.74) is 2.94. The standard InChI is InChI=1S/C16H24BrN3/c1-18-10-12-19(13-11-18)7-3-8-20-9-6-14-15(17)4-2-5-16(14)20/h2,4-5H,3,6-13H2,1H3. The number of rotatable bonds is 4. The third-order valence-electron chi connectivity index (χ3n) is 4.56. The zero-order chi connectivity index (χ0) is 13.9. The molecule has 1 fully saturated rings. The van der Waals surface area contributed by atoms with Crippen LogP contribution in [0.15, 0.2) is 22.7 Å². The molecule has 0 unspecified atom stereocenters. The molecule has 1 aromatic carbocycles. The van der Waals surface area contributed by atoms with Crippen LogP contribution in [0.4, 0.5) is 5.69 Å². The average Bonchev–Trinajstić information content (AvgIpc) is 2.86.